The lowest BCUT2D eigenvalue weighted by Crippen LogP contribution is -2.42. The summed E-state index contributed by atoms with van der Waals surface area (Å²) in [5, 5.41) is 11.8. The van der Waals surface area contributed by atoms with Gasteiger partial charge in [0.2, 0.25) is 0 Å². The van der Waals surface area contributed by atoms with E-state index in [1.165, 1.54) is 0 Å². The molecule has 164 valence electrons. The minimum Gasteiger partial charge on any atom is -0.497 e. The van der Waals surface area contributed by atoms with Gasteiger partial charge >= 0.3 is 0 Å². The van der Waals surface area contributed by atoms with Crippen molar-refractivity contribution in [2.24, 2.45) is 5.73 Å². The first-order valence-electron chi connectivity index (χ1n) is 10.9. The first-order chi connectivity index (χ1) is 15.2. The topological polar surface area (TPSA) is 64.7 Å². The predicted octanol–water partition coefficient (Wildman–Crippen LogP) is 4.92. The Balaban J connectivity index is 2.18. The molecule has 0 saturated carbocycles. The fourth-order valence-electron chi connectivity index (χ4n) is 4.36. The molecule has 0 aliphatic heterocycles. The van der Waals surface area contributed by atoms with Crippen molar-refractivity contribution in [3.8, 4) is 11.5 Å². The number of hydrogen-bond donors (Lipinski definition) is 2. The van der Waals surface area contributed by atoms with E-state index < -0.39 is 11.5 Å². The number of unbranched alkanes of at least 4 members (excludes halogenated alkanes) is 2. The monoisotopic (exact) mass is 419 g/mol. The smallest absolute Gasteiger partial charge is 0.118 e. The van der Waals surface area contributed by atoms with Crippen LogP contribution >= 0.6 is 0 Å². The van der Waals surface area contributed by atoms with Gasteiger partial charge in [-0.1, -0.05) is 67.4 Å². The van der Waals surface area contributed by atoms with Crippen molar-refractivity contribution in [2.75, 3.05) is 20.8 Å². The van der Waals surface area contributed by atoms with E-state index in [4.69, 9.17) is 15.2 Å². The molecule has 3 rings (SSSR count). The molecule has 0 bridgehead atoms. The Morgan fingerprint density at radius 2 is 1.19 bits per heavy atom. The van der Waals surface area contributed by atoms with Gasteiger partial charge in [-0.25, -0.2) is 0 Å². The third kappa shape index (κ3) is 4.92. The lowest BCUT2D eigenvalue weighted by atomic mass is 9.64. The molecular weight excluding hydrogens is 386 g/mol. The van der Waals surface area contributed by atoms with Crippen molar-refractivity contribution >= 4 is 0 Å². The van der Waals surface area contributed by atoms with Gasteiger partial charge in [-0.15, -0.1) is 0 Å². The molecule has 0 aromatic heterocycles. The molecule has 31 heavy (non-hydrogen) atoms. The number of hydrogen-bond acceptors (Lipinski definition) is 4. The molecule has 0 spiro atoms. The standard InChI is InChI=1S/C27H33NO3/c1-30-24-16-12-22(13-17-24)27(21-9-5-3-6-10-21,26(29)11-7-4-8-20-28)23-14-18-25(31-2)19-15-23/h3,5-6,9-10,12-19,26,29H,4,7-8,11,20,28H2,1-2H3. The molecule has 3 aromatic carbocycles. The van der Waals surface area contributed by atoms with E-state index in [9.17, 15) is 5.11 Å². The molecule has 4 nitrogen and oxygen atoms in total. The van der Waals surface area contributed by atoms with Crippen LogP contribution in [0.5, 0.6) is 11.5 Å². The number of benzene rings is 3. The van der Waals surface area contributed by atoms with Crippen molar-refractivity contribution in [3.63, 3.8) is 0 Å². The van der Waals surface area contributed by atoms with Crippen LogP contribution in [0.4, 0.5) is 0 Å². The second-order valence-corrected chi connectivity index (χ2v) is 7.78. The summed E-state index contributed by atoms with van der Waals surface area (Å²) in [6.07, 6.45) is 2.95. The molecule has 0 amide bonds. The van der Waals surface area contributed by atoms with Gasteiger partial charge in [-0.2, -0.15) is 0 Å². The molecule has 3 aromatic rings. The first-order valence-corrected chi connectivity index (χ1v) is 10.9. The summed E-state index contributed by atoms with van der Waals surface area (Å²) >= 11 is 0. The molecule has 0 aliphatic rings. The maximum Gasteiger partial charge on any atom is 0.118 e. The van der Waals surface area contributed by atoms with Gasteiger partial charge in [0.1, 0.15) is 11.5 Å². The molecule has 1 atom stereocenters. The number of ether oxygens (including phenoxy) is 2. The summed E-state index contributed by atoms with van der Waals surface area (Å²) < 4.78 is 10.8. The summed E-state index contributed by atoms with van der Waals surface area (Å²) in [4.78, 5) is 0. The summed E-state index contributed by atoms with van der Waals surface area (Å²) in [6, 6.07) is 26.3. The highest BCUT2D eigenvalue weighted by Gasteiger charge is 2.42. The summed E-state index contributed by atoms with van der Waals surface area (Å²) in [5.74, 6) is 1.58. The number of rotatable bonds is 11. The number of aliphatic hydroxyl groups is 1. The largest absolute Gasteiger partial charge is 0.497 e. The average Bonchev–Trinajstić information content (AvgIpc) is 2.84. The summed E-state index contributed by atoms with van der Waals surface area (Å²) in [5.41, 5.74) is 8.05. The zero-order valence-corrected chi connectivity index (χ0v) is 18.5. The molecule has 0 aliphatic carbocycles. The van der Waals surface area contributed by atoms with E-state index in [0.29, 0.717) is 13.0 Å². The predicted molar refractivity (Wildman–Crippen MR) is 126 cm³/mol. The van der Waals surface area contributed by atoms with Crippen LogP contribution in [0.1, 0.15) is 42.4 Å². The van der Waals surface area contributed by atoms with Crippen molar-refractivity contribution < 1.29 is 14.6 Å². The van der Waals surface area contributed by atoms with Gasteiger partial charge in [0.05, 0.1) is 25.7 Å². The lowest BCUT2D eigenvalue weighted by molar-refractivity contribution is 0.109. The zero-order chi connectivity index (χ0) is 22.1. The van der Waals surface area contributed by atoms with Crippen LogP contribution in [0, 0.1) is 0 Å². The van der Waals surface area contributed by atoms with Gasteiger partial charge < -0.3 is 20.3 Å². The maximum atomic E-state index is 11.8. The number of methoxy groups -OCH3 is 2. The second kappa shape index (κ2) is 11.0. The quantitative estimate of drug-likeness (QED) is 0.342. The molecular formula is C27H33NO3. The fraction of sp³-hybridized carbons (Fsp3) is 0.333. The van der Waals surface area contributed by atoms with Crippen molar-refractivity contribution in [1.82, 2.24) is 0 Å². The van der Waals surface area contributed by atoms with Gasteiger partial charge in [-0.3, -0.25) is 0 Å². The Hall–Kier alpha value is -2.82. The van der Waals surface area contributed by atoms with Crippen LogP contribution in [-0.2, 0) is 5.41 Å². The average molecular weight is 420 g/mol. The van der Waals surface area contributed by atoms with Crippen LogP contribution < -0.4 is 15.2 Å². The van der Waals surface area contributed by atoms with Crippen molar-refractivity contribution in [2.45, 2.75) is 37.2 Å². The third-order valence-electron chi connectivity index (χ3n) is 6.00. The maximum absolute atomic E-state index is 11.8. The molecule has 0 heterocycles. The van der Waals surface area contributed by atoms with Crippen LogP contribution in [0.15, 0.2) is 78.9 Å². The fourth-order valence-corrected chi connectivity index (χ4v) is 4.36. The van der Waals surface area contributed by atoms with E-state index in [1.54, 1.807) is 14.2 Å². The lowest BCUT2D eigenvalue weighted by Gasteiger charge is -2.40. The third-order valence-corrected chi connectivity index (χ3v) is 6.00. The van der Waals surface area contributed by atoms with Crippen LogP contribution in [-0.4, -0.2) is 32.0 Å². The molecule has 3 N–H and O–H groups in total. The Bertz CT molecular complexity index is 860. The normalized spacial score (nSPS) is 12.4. The van der Waals surface area contributed by atoms with Crippen molar-refractivity contribution in [3.05, 3.63) is 95.6 Å². The Morgan fingerprint density at radius 1 is 0.710 bits per heavy atom. The van der Waals surface area contributed by atoms with Crippen LogP contribution in [0.25, 0.3) is 0 Å². The van der Waals surface area contributed by atoms with Crippen molar-refractivity contribution in [1.29, 1.82) is 0 Å². The molecule has 0 radical (unpaired) electrons. The SMILES string of the molecule is COc1ccc(C(c2ccccc2)(c2ccc(OC)cc2)C(O)CCCCCN)cc1. The van der Waals surface area contributed by atoms with E-state index in [2.05, 4.69) is 36.4 Å². The van der Waals surface area contributed by atoms with Crippen LogP contribution in [0.2, 0.25) is 0 Å². The number of aliphatic hydroxyl groups excluding tert-OH is 1. The summed E-state index contributed by atoms with van der Waals surface area (Å²) in [7, 11) is 3.32. The first kappa shape index (κ1) is 22.9. The highest BCUT2D eigenvalue weighted by Crippen LogP contribution is 2.44. The van der Waals surface area contributed by atoms with E-state index >= 15 is 0 Å². The van der Waals surface area contributed by atoms with Gasteiger partial charge in [0.15, 0.2) is 0 Å². The van der Waals surface area contributed by atoms with Gasteiger partial charge in [0, 0.05) is 0 Å². The van der Waals surface area contributed by atoms with E-state index in [0.717, 1.165) is 47.5 Å². The van der Waals surface area contributed by atoms with E-state index in [-0.39, 0.29) is 0 Å². The minimum absolute atomic E-state index is 0.616. The zero-order valence-electron chi connectivity index (χ0n) is 18.5. The van der Waals surface area contributed by atoms with E-state index in [1.807, 2.05) is 42.5 Å². The molecule has 0 saturated heterocycles. The minimum atomic E-state index is -0.720. The summed E-state index contributed by atoms with van der Waals surface area (Å²) in [6.45, 7) is 0.677. The Kier molecular flexibility index (Phi) is 8.10. The van der Waals surface area contributed by atoms with Gasteiger partial charge in [0.25, 0.3) is 0 Å². The van der Waals surface area contributed by atoms with Gasteiger partial charge in [-0.05, 0) is 60.3 Å². The Labute approximate surface area is 185 Å². The highest BCUT2D eigenvalue weighted by atomic mass is 16.5. The molecule has 1 unspecified atom stereocenters. The second-order valence-electron chi connectivity index (χ2n) is 7.78. The molecule has 0 fully saturated rings. The number of nitrogens with two attached hydrogens (primary N) is 1. The molecule has 4 heteroatoms. The highest BCUT2D eigenvalue weighted by molar-refractivity contribution is 5.53. The van der Waals surface area contributed by atoms with Crippen LogP contribution in [0.3, 0.4) is 0 Å². The Morgan fingerprint density at radius 3 is 1.65 bits per heavy atom.